The van der Waals surface area contributed by atoms with Crippen molar-refractivity contribution in [1.82, 2.24) is 5.32 Å². The van der Waals surface area contributed by atoms with E-state index >= 15 is 0 Å². The van der Waals surface area contributed by atoms with Crippen LogP contribution >= 0.6 is 0 Å². The van der Waals surface area contributed by atoms with E-state index in [0.717, 1.165) is 44.1 Å². The van der Waals surface area contributed by atoms with Crippen LogP contribution in [0, 0.1) is 0 Å². The van der Waals surface area contributed by atoms with E-state index in [2.05, 4.69) is 25.2 Å². The first kappa shape index (κ1) is 16.8. The largest absolute Gasteiger partial charge is 0.493 e. The molecule has 0 spiro atoms. The summed E-state index contributed by atoms with van der Waals surface area (Å²) >= 11 is 0. The third-order valence-corrected chi connectivity index (χ3v) is 3.17. The van der Waals surface area contributed by atoms with Gasteiger partial charge in [0.25, 0.3) is 0 Å². The first-order valence-electron chi connectivity index (χ1n) is 7.26. The molecule has 1 atom stereocenters. The highest BCUT2D eigenvalue weighted by Crippen LogP contribution is 2.29. The molecular weight excluding hydrogens is 254 g/mol. The molecule has 0 amide bonds. The molecule has 0 saturated heterocycles. The Bertz CT molecular complexity index is 382. The van der Waals surface area contributed by atoms with Gasteiger partial charge in [-0.05, 0) is 44.0 Å². The second-order valence-electron chi connectivity index (χ2n) is 4.76. The Balaban J connectivity index is 2.41. The number of nitrogens with one attached hydrogen (secondary N) is 1. The maximum absolute atomic E-state index is 5.46. The molecule has 1 aromatic carbocycles. The van der Waals surface area contributed by atoms with Crippen LogP contribution < -0.4 is 14.8 Å². The molecule has 4 nitrogen and oxygen atoms in total. The van der Waals surface area contributed by atoms with Crippen molar-refractivity contribution in [1.29, 1.82) is 0 Å². The standard InChI is InChI=1S/C16H27NO3/c1-5-10-20-11-6-9-17-13(2)14-7-8-15(18-3)16(12-14)19-4/h7-8,12-13,17H,5-6,9-11H2,1-4H3. The third-order valence-electron chi connectivity index (χ3n) is 3.17. The lowest BCUT2D eigenvalue weighted by Crippen LogP contribution is -2.21. The Labute approximate surface area is 122 Å². The molecule has 0 aliphatic carbocycles. The molecule has 0 saturated carbocycles. The zero-order valence-corrected chi connectivity index (χ0v) is 13.1. The van der Waals surface area contributed by atoms with E-state index in [1.54, 1.807) is 14.2 Å². The van der Waals surface area contributed by atoms with Crippen LogP contribution in [0.3, 0.4) is 0 Å². The highest BCUT2D eigenvalue weighted by Gasteiger charge is 2.09. The molecule has 1 rings (SSSR count). The molecule has 1 aromatic rings. The lowest BCUT2D eigenvalue weighted by Gasteiger charge is -2.16. The molecule has 0 aromatic heterocycles. The van der Waals surface area contributed by atoms with Crippen LogP contribution in [-0.4, -0.2) is 34.0 Å². The molecule has 4 heteroatoms. The second kappa shape index (κ2) is 9.61. The summed E-state index contributed by atoms with van der Waals surface area (Å²) in [7, 11) is 3.31. The molecule has 0 radical (unpaired) electrons. The van der Waals surface area contributed by atoms with Crippen molar-refractivity contribution in [3.63, 3.8) is 0 Å². The summed E-state index contributed by atoms with van der Waals surface area (Å²) < 4.78 is 16.0. The fourth-order valence-electron chi connectivity index (χ4n) is 1.98. The molecule has 114 valence electrons. The number of methoxy groups -OCH3 is 2. The fraction of sp³-hybridized carbons (Fsp3) is 0.625. The van der Waals surface area contributed by atoms with E-state index in [0.29, 0.717) is 0 Å². The summed E-state index contributed by atoms with van der Waals surface area (Å²) in [5.74, 6) is 1.53. The third kappa shape index (κ3) is 5.39. The molecule has 1 unspecified atom stereocenters. The molecule has 20 heavy (non-hydrogen) atoms. The van der Waals surface area contributed by atoms with E-state index in [4.69, 9.17) is 14.2 Å². The van der Waals surface area contributed by atoms with Crippen LogP contribution in [0.1, 0.15) is 38.3 Å². The molecule has 0 bridgehead atoms. The molecular formula is C16H27NO3. The molecule has 0 fully saturated rings. The Kier molecular flexibility index (Phi) is 8.07. The average Bonchev–Trinajstić information content (AvgIpc) is 2.49. The van der Waals surface area contributed by atoms with Gasteiger partial charge in [0, 0.05) is 19.3 Å². The monoisotopic (exact) mass is 281 g/mol. The predicted octanol–water partition coefficient (Wildman–Crippen LogP) is 3.17. The van der Waals surface area contributed by atoms with Gasteiger partial charge in [0.2, 0.25) is 0 Å². The summed E-state index contributed by atoms with van der Waals surface area (Å²) in [6.45, 7) is 6.88. The fourth-order valence-corrected chi connectivity index (χ4v) is 1.98. The number of rotatable bonds is 10. The van der Waals surface area contributed by atoms with Crippen molar-refractivity contribution in [2.24, 2.45) is 0 Å². The lowest BCUT2D eigenvalue weighted by molar-refractivity contribution is 0.132. The summed E-state index contributed by atoms with van der Waals surface area (Å²) in [5, 5.41) is 3.49. The highest BCUT2D eigenvalue weighted by atomic mass is 16.5. The number of ether oxygens (including phenoxy) is 3. The zero-order valence-electron chi connectivity index (χ0n) is 13.1. The van der Waals surface area contributed by atoms with Crippen LogP contribution in [0.4, 0.5) is 0 Å². The topological polar surface area (TPSA) is 39.7 Å². The van der Waals surface area contributed by atoms with Crippen molar-refractivity contribution in [2.45, 2.75) is 32.7 Å². The van der Waals surface area contributed by atoms with Crippen LogP contribution in [0.15, 0.2) is 18.2 Å². The van der Waals surface area contributed by atoms with Gasteiger partial charge in [-0.3, -0.25) is 0 Å². The van der Waals surface area contributed by atoms with Gasteiger partial charge >= 0.3 is 0 Å². The lowest BCUT2D eigenvalue weighted by atomic mass is 10.1. The van der Waals surface area contributed by atoms with E-state index in [9.17, 15) is 0 Å². The number of hydrogen-bond acceptors (Lipinski definition) is 4. The summed E-state index contributed by atoms with van der Waals surface area (Å²) in [5.41, 5.74) is 1.19. The Morgan fingerprint density at radius 1 is 1.10 bits per heavy atom. The minimum absolute atomic E-state index is 0.279. The van der Waals surface area contributed by atoms with Crippen LogP contribution in [0.5, 0.6) is 11.5 Å². The van der Waals surface area contributed by atoms with Crippen molar-refractivity contribution < 1.29 is 14.2 Å². The highest BCUT2D eigenvalue weighted by molar-refractivity contribution is 5.43. The van der Waals surface area contributed by atoms with Crippen molar-refractivity contribution in [3.8, 4) is 11.5 Å². The SMILES string of the molecule is CCCOCCCNC(C)c1ccc(OC)c(OC)c1. The van der Waals surface area contributed by atoms with Gasteiger partial charge in [0.05, 0.1) is 14.2 Å². The Hall–Kier alpha value is -1.26. The Morgan fingerprint density at radius 3 is 2.50 bits per heavy atom. The molecule has 0 heterocycles. The van der Waals surface area contributed by atoms with Gasteiger partial charge in [0.1, 0.15) is 0 Å². The van der Waals surface area contributed by atoms with Crippen molar-refractivity contribution in [3.05, 3.63) is 23.8 Å². The summed E-state index contributed by atoms with van der Waals surface area (Å²) in [6.07, 6.45) is 2.10. The number of hydrogen-bond donors (Lipinski definition) is 1. The maximum Gasteiger partial charge on any atom is 0.161 e. The van der Waals surface area contributed by atoms with Crippen LogP contribution in [0.2, 0.25) is 0 Å². The minimum Gasteiger partial charge on any atom is -0.493 e. The van der Waals surface area contributed by atoms with E-state index in [1.807, 2.05) is 12.1 Å². The summed E-state index contributed by atoms with van der Waals surface area (Å²) in [4.78, 5) is 0. The first-order chi connectivity index (χ1) is 9.72. The van der Waals surface area contributed by atoms with Gasteiger partial charge in [-0.2, -0.15) is 0 Å². The molecule has 1 N–H and O–H groups in total. The second-order valence-corrected chi connectivity index (χ2v) is 4.76. The normalized spacial score (nSPS) is 12.2. The predicted molar refractivity (Wildman–Crippen MR) is 81.7 cm³/mol. The average molecular weight is 281 g/mol. The first-order valence-corrected chi connectivity index (χ1v) is 7.26. The minimum atomic E-state index is 0.279. The molecule has 0 aliphatic heterocycles. The van der Waals surface area contributed by atoms with Gasteiger partial charge in [0.15, 0.2) is 11.5 Å². The van der Waals surface area contributed by atoms with Crippen molar-refractivity contribution in [2.75, 3.05) is 34.0 Å². The van der Waals surface area contributed by atoms with Crippen molar-refractivity contribution >= 4 is 0 Å². The van der Waals surface area contributed by atoms with Gasteiger partial charge in [-0.25, -0.2) is 0 Å². The van der Waals surface area contributed by atoms with Crippen LogP contribution in [-0.2, 0) is 4.74 Å². The number of benzene rings is 1. The maximum atomic E-state index is 5.46. The molecule has 0 aliphatic rings. The summed E-state index contributed by atoms with van der Waals surface area (Å²) in [6, 6.07) is 6.30. The quantitative estimate of drug-likeness (QED) is 0.669. The smallest absolute Gasteiger partial charge is 0.161 e. The van der Waals surface area contributed by atoms with E-state index < -0.39 is 0 Å². The Morgan fingerprint density at radius 2 is 1.85 bits per heavy atom. The zero-order chi connectivity index (χ0) is 14.8. The van der Waals surface area contributed by atoms with Gasteiger partial charge in [-0.1, -0.05) is 13.0 Å². The van der Waals surface area contributed by atoms with E-state index in [1.165, 1.54) is 5.56 Å². The van der Waals surface area contributed by atoms with Gasteiger partial charge < -0.3 is 19.5 Å². The van der Waals surface area contributed by atoms with Crippen LogP contribution in [0.25, 0.3) is 0 Å². The van der Waals surface area contributed by atoms with E-state index in [-0.39, 0.29) is 6.04 Å². The van der Waals surface area contributed by atoms with Gasteiger partial charge in [-0.15, -0.1) is 0 Å².